The molecule has 5 rings (SSSR count). The molecule has 1 aliphatic heterocycles. The van der Waals surface area contributed by atoms with E-state index in [4.69, 9.17) is 28.9 Å². The molecule has 13 heteroatoms. The number of hydrogen-bond acceptors (Lipinski definition) is 7. The second-order valence-electron chi connectivity index (χ2n) is 12.5. The van der Waals surface area contributed by atoms with E-state index in [1.165, 1.54) is 16.7 Å². The minimum absolute atomic E-state index is 0.109. The molecule has 0 saturated heterocycles. The molecule has 0 saturated carbocycles. The number of carbonyl (C=O) groups is 3. The van der Waals surface area contributed by atoms with Crippen LogP contribution in [0.15, 0.2) is 70.8 Å². The van der Waals surface area contributed by atoms with Gasteiger partial charge in [-0.15, -0.1) is 0 Å². The van der Waals surface area contributed by atoms with Crippen molar-refractivity contribution < 1.29 is 14.4 Å². The first-order chi connectivity index (χ1) is 23.0. The second kappa shape index (κ2) is 15.7. The lowest BCUT2D eigenvalue weighted by Gasteiger charge is -2.33. The Morgan fingerprint density at radius 3 is 2.62 bits per heavy atom. The number of H-pyrrole nitrogens is 1. The van der Waals surface area contributed by atoms with Gasteiger partial charge in [0.05, 0.1) is 10.6 Å². The predicted molar refractivity (Wildman–Crippen MR) is 191 cm³/mol. The number of nitrogens with one attached hydrogen (secondary N) is 4. The molecule has 3 amide bonds. The van der Waals surface area contributed by atoms with Crippen LogP contribution in [0, 0.1) is 0 Å². The summed E-state index contributed by atoms with van der Waals surface area (Å²) in [5.41, 5.74) is 8.08. The Labute approximate surface area is 294 Å². The van der Waals surface area contributed by atoms with E-state index in [0.717, 1.165) is 22.0 Å². The molecule has 254 valence electrons. The zero-order valence-corrected chi connectivity index (χ0v) is 29.6. The Morgan fingerprint density at radius 1 is 1.04 bits per heavy atom. The molecule has 4 aromatic rings. The highest BCUT2D eigenvalue weighted by Gasteiger charge is 2.36. The number of carbonyl (C=O) groups excluding carboxylic acids is 3. The van der Waals surface area contributed by atoms with Crippen LogP contribution in [0.1, 0.15) is 49.8 Å². The van der Waals surface area contributed by atoms with Crippen molar-refractivity contribution in [2.75, 3.05) is 13.6 Å². The number of nitrogens with two attached hydrogens (primary N) is 1. The van der Waals surface area contributed by atoms with Crippen LogP contribution in [0.5, 0.6) is 0 Å². The monoisotopic (exact) mass is 709 g/mol. The number of amides is 3. The third kappa shape index (κ3) is 8.33. The summed E-state index contributed by atoms with van der Waals surface area (Å²) in [6.07, 6.45) is 5.49. The van der Waals surface area contributed by atoms with Crippen molar-refractivity contribution in [2.24, 2.45) is 5.73 Å². The molecule has 0 unspecified atom stereocenters. The average Bonchev–Trinajstić information content (AvgIpc) is 3.48. The van der Waals surface area contributed by atoms with Crippen LogP contribution < -0.4 is 21.7 Å². The van der Waals surface area contributed by atoms with Crippen LogP contribution in [0.3, 0.4) is 0 Å². The van der Waals surface area contributed by atoms with Gasteiger partial charge in [0.2, 0.25) is 17.7 Å². The molecule has 2 aromatic heterocycles. The molecule has 2 aromatic carbocycles. The summed E-state index contributed by atoms with van der Waals surface area (Å²) in [5, 5.41) is 11.9. The highest BCUT2D eigenvalue weighted by molar-refractivity contribution is 7.99. The van der Waals surface area contributed by atoms with Crippen LogP contribution in [-0.4, -0.2) is 63.8 Å². The third-order valence-corrected chi connectivity index (χ3v) is 10.5. The molecule has 0 fully saturated rings. The second-order valence-corrected chi connectivity index (χ2v) is 14.3. The fourth-order valence-corrected chi connectivity index (χ4v) is 7.35. The first-order valence-electron chi connectivity index (χ1n) is 15.9. The highest BCUT2D eigenvalue weighted by Crippen LogP contribution is 2.38. The third-order valence-electron chi connectivity index (χ3n) is 8.63. The standard InChI is InChI=1S/C35H41Cl2N7O3S/c1-35(2)34(47)43-28(12-6-7-13-38)33(46)44(3)29(16-22-18-40-27-11-5-4-10-25(22)27)31(45)41-19-23-15-24(36)17-26(37)30(23)48-32-21(20-42-35)9-8-14-39-32/h4-5,8-11,14-15,17-18,28-29,40,42H,6-7,12-13,16,19-20,38H2,1-3H3,(H,41,45)(H,43,47)/t28-,29-/m0/s1. The van der Waals surface area contributed by atoms with E-state index in [1.54, 1.807) is 39.2 Å². The number of aromatic nitrogens is 2. The highest BCUT2D eigenvalue weighted by atomic mass is 35.5. The van der Waals surface area contributed by atoms with Gasteiger partial charge in [-0.2, -0.15) is 0 Å². The molecule has 10 nitrogen and oxygen atoms in total. The van der Waals surface area contributed by atoms with Crippen molar-refractivity contribution in [1.82, 2.24) is 30.8 Å². The maximum atomic E-state index is 14.3. The molecule has 0 aliphatic carbocycles. The van der Waals surface area contributed by atoms with Gasteiger partial charge in [0, 0.05) is 59.8 Å². The number of nitrogens with zero attached hydrogens (tertiary/aromatic N) is 2. The Kier molecular flexibility index (Phi) is 11.7. The number of benzene rings is 2. The minimum atomic E-state index is -1.05. The maximum absolute atomic E-state index is 14.3. The van der Waals surface area contributed by atoms with Crippen molar-refractivity contribution in [3.63, 3.8) is 0 Å². The number of likely N-dealkylation sites (N-methyl/N-ethyl adjacent to an activating group) is 1. The summed E-state index contributed by atoms with van der Waals surface area (Å²) < 4.78 is 0. The van der Waals surface area contributed by atoms with E-state index in [0.29, 0.717) is 57.9 Å². The number of halogens is 2. The van der Waals surface area contributed by atoms with Gasteiger partial charge in [0.15, 0.2) is 0 Å². The lowest BCUT2D eigenvalue weighted by Crippen LogP contribution is -2.59. The van der Waals surface area contributed by atoms with E-state index in [9.17, 15) is 14.4 Å². The van der Waals surface area contributed by atoms with Crippen LogP contribution in [0.2, 0.25) is 10.0 Å². The van der Waals surface area contributed by atoms with Gasteiger partial charge >= 0.3 is 0 Å². The molecule has 0 bridgehead atoms. The summed E-state index contributed by atoms with van der Waals surface area (Å²) in [4.78, 5) is 52.2. The molecular formula is C35H41Cl2N7O3S. The van der Waals surface area contributed by atoms with Crippen molar-refractivity contribution in [3.05, 3.63) is 87.7 Å². The van der Waals surface area contributed by atoms with Gasteiger partial charge in [-0.25, -0.2) is 4.98 Å². The molecular weight excluding hydrogens is 669 g/mol. The zero-order valence-electron chi connectivity index (χ0n) is 27.2. The summed E-state index contributed by atoms with van der Waals surface area (Å²) >= 11 is 14.6. The van der Waals surface area contributed by atoms with Gasteiger partial charge in [-0.1, -0.05) is 59.2 Å². The van der Waals surface area contributed by atoms with Crippen molar-refractivity contribution in [3.8, 4) is 0 Å². The lowest BCUT2D eigenvalue weighted by molar-refractivity contribution is -0.142. The van der Waals surface area contributed by atoms with E-state index in [1.807, 2.05) is 42.6 Å². The molecule has 2 atom stereocenters. The predicted octanol–water partition coefficient (Wildman–Crippen LogP) is 5.20. The number of para-hydroxylation sites is 1. The van der Waals surface area contributed by atoms with Gasteiger partial charge in [0.25, 0.3) is 0 Å². The van der Waals surface area contributed by atoms with Gasteiger partial charge in [-0.3, -0.25) is 19.7 Å². The Hall–Kier alpha value is -3.61. The lowest BCUT2D eigenvalue weighted by atomic mass is 9.99. The molecule has 0 radical (unpaired) electrons. The van der Waals surface area contributed by atoms with Crippen molar-refractivity contribution >= 4 is 63.6 Å². The Bertz CT molecular complexity index is 1800. The molecule has 3 heterocycles. The topological polar surface area (TPSA) is 145 Å². The maximum Gasteiger partial charge on any atom is 0.245 e. The Balaban J connectivity index is 1.57. The average molecular weight is 711 g/mol. The first kappa shape index (κ1) is 35.7. The SMILES string of the molecule is CN1C(=O)[C@H](CCCCN)NC(=O)C(C)(C)NCc2cccnc2Sc2c(Cl)cc(Cl)cc2CNC(=O)[C@@H]1Cc1c[nH]c2ccccc12. The van der Waals surface area contributed by atoms with Gasteiger partial charge in [0.1, 0.15) is 17.1 Å². The summed E-state index contributed by atoms with van der Waals surface area (Å²) in [5.74, 6) is -1.07. The molecule has 6 N–H and O–H groups in total. The number of rotatable bonds is 6. The smallest absolute Gasteiger partial charge is 0.245 e. The van der Waals surface area contributed by atoms with Gasteiger partial charge < -0.3 is 26.3 Å². The zero-order chi connectivity index (χ0) is 34.4. The van der Waals surface area contributed by atoms with Crippen molar-refractivity contribution in [2.45, 2.75) is 80.2 Å². The first-order valence-corrected chi connectivity index (χ1v) is 17.5. The minimum Gasteiger partial charge on any atom is -0.361 e. The molecule has 1 aliphatic rings. The summed E-state index contributed by atoms with van der Waals surface area (Å²) in [6, 6.07) is 13.2. The molecule has 0 spiro atoms. The quantitative estimate of drug-likeness (QED) is 0.173. The van der Waals surface area contributed by atoms with Gasteiger partial charge in [-0.05, 0) is 80.6 Å². The largest absolute Gasteiger partial charge is 0.361 e. The summed E-state index contributed by atoms with van der Waals surface area (Å²) in [6.45, 7) is 4.44. The number of fused-ring (bicyclic) bond motifs is 3. The molecule has 48 heavy (non-hydrogen) atoms. The van der Waals surface area contributed by atoms with E-state index in [-0.39, 0.29) is 30.7 Å². The van der Waals surface area contributed by atoms with Crippen LogP contribution in [0.25, 0.3) is 10.9 Å². The fourth-order valence-electron chi connectivity index (χ4n) is 5.71. The van der Waals surface area contributed by atoms with E-state index < -0.39 is 17.6 Å². The van der Waals surface area contributed by atoms with Crippen LogP contribution >= 0.6 is 35.0 Å². The van der Waals surface area contributed by atoms with Crippen LogP contribution in [0.4, 0.5) is 0 Å². The number of aromatic amines is 1. The van der Waals surface area contributed by atoms with Crippen molar-refractivity contribution in [1.29, 1.82) is 0 Å². The van der Waals surface area contributed by atoms with E-state index in [2.05, 4.69) is 25.9 Å². The number of pyridine rings is 1. The Morgan fingerprint density at radius 2 is 1.83 bits per heavy atom. The normalized spacial score (nSPS) is 19.3. The fraction of sp³-hybridized carbons (Fsp3) is 0.371. The van der Waals surface area contributed by atoms with E-state index >= 15 is 0 Å². The number of hydrogen-bond donors (Lipinski definition) is 5. The summed E-state index contributed by atoms with van der Waals surface area (Å²) in [7, 11) is 1.61. The van der Waals surface area contributed by atoms with Crippen LogP contribution in [-0.2, 0) is 33.9 Å². The number of unbranched alkanes of at least 4 members (excludes halogenated alkanes) is 1.